The minimum Gasteiger partial charge on any atom is -0.303 e. The van der Waals surface area contributed by atoms with Gasteiger partial charge in [-0.25, -0.2) is 8.42 Å². The third-order valence-electron chi connectivity index (χ3n) is 4.14. The number of benzene rings is 1. The van der Waals surface area contributed by atoms with E-state index in [0.29, 0.717) is 5.56 Å². The Balaban J connectivity index is 2.28. The molecule has 5 heteroatoms. The van der Waals surface area contributed by atoms with Gasteiger partial charge in [-0.3, -0.25) is 0 Å². The van der Waals surface area contributed by atoms with Gasteiger partial charge in [-0.1, -0.05) is 19.1 Å². The largest absolute Gasteiger partial charge is 0.303 e. The maximum Gasteiger partial charge on any atom is 0.176 e. The van der Waals surface area contributed by atoms with E-state index in [1.807, 2.05) is 6.07 Å². The van der Waals surface area contributed by atoms with Crippen LogP contribution in [0.5, 0.6) is 0 Å². The van der Waals surface area contributed by atoms with Gasteiger partial charge in [-0.15, -0.1) is 0 Å². The van der Waals surface area contributed by atoms with Crippen molar-refractivity contribution in [2.75, 3.05) is 25.9 Å². The molecule has 21 heavy (non-hydrogen) atoms. The molecule has 1 aromatic carbocycles. The fourth-order valence-electron chi connectivity index (χ4n) is 3.10. The number of hydrogen-bond acceptors (Lipinski definition) is 4. The van der Waals surface area contributed by atoms with Crippen molar-refractivity contribution in [2.24, 2.45) is 0 Å². The molecule has 1 heterocycles. The second kappa shape index (κ2) is 6.59. The quantitative estimate of drug-likeness (QED) is 0.857. The van der Waals surface area contributed by atoms with Crippen LogP contribution in [0.25, 0.3) is 0 Å². The summed E-state index contributed by atoms with van der Waals surface area (Å²) >= 11 is 0. The monoisotopic (exact) mass is 306 g/mol. The Hall–Kier alpha value is -1.38. The van der Waals surface area contributed by atoms with Crippen LogP contribution in [0.2, 0.25) is 0 Å². The lowest BCUT2D eigenvalue weighted by atomic mass is 9.86. The number of hydrogen-bond donors (Lipinski definition) is 0. The Bertz CT molecular complexity index is 639. The predicted octanol–water partition coefficient (Wildman–Crippen LogP) is 2.55. The van der Waals surface area contributed by atoms with Crippen molar-refractivity contribution >= 4 is 9.84 Å². The first kappa shape index (κ1) is 16.0. The summed E-state index contributed by atoms with van der Waals surface area (Å²) in [7, 11) is -3.36. The molecule has 0 bridgehead atoms. The van der Waals surface area contributed by atoms with Crippen LogP contribution in [0.15, 0.2) is 23.1 Å². The SMILES string of the molecule is CCCN1CCC(c2cccc(S(C)(=O)=O)c2C#N)CC1. The van der Waals surface area contributed by atoms with Gasteiger partial charge < -0.3 is 4.90 Å². The van der Waals surface area contributed by atoms with E-state index in [1.165, 1.54) is 6.07 Å². The number of nitriles is 1. The van der Waals surface area contributed by atoms with Crippen LogP contribution in [-0.4, -0.2) is 39.2 Å². The Labute approximate surface area is 127 Å². The first-order chi connectivity index (χ1) is 9.97. The lowest BCUT2D eigenvalue weighted by Gasteiger charge is -2.32. The first-order valence-electron chi connectivity index (χ1n) is 7.42. The molecule has 0 radical (unpaired) electrons. The predicted molar refractivity (Wildman–Crippen MR) is 83.0 cm³/mol. The van der Waals surface area contributed by atoms with Crippen LogP contribution in [0.3, 0.4) is 0 Å². The average Bonchev–Trinajstić information content (AvgIpc) is 2.46. The van der Waals surface area contributed by atoms with E-state index >= 15 is 0 Å². The molecular weight excluding hydrogens is 284 g/mol. The van der Waals surface area contributed by atoms with E-state index in [0.717, 1.165) is 50.7 Å². The van der Waals surface area contributed by atoms with E-state index in [2.05, 4.69) is 17.9 Å². The molecule has 1 fully saturated rings. The highest BCUT2D eigenvalue weighted by Gasteiger charge is 2.25. The number of rotatable bonds is 4. The van der Waals surface area contributed by atoms with Crippen LogP contribution in [-0.2, 0) is 9.84 Å². The second-order valence-corrected chi connectivity index (χ2v) is 7.70. The molecule has 1 aromatic rings. The number of sulfone groups is 1. The molecule has 1 aliphatic rings. The van der Waals surface area contributed by atoms with Gasteiger partial charge in [0.25, 0.3) is 0 Å². The molecule has 0 atom stereocenters. The van der Waals surface area contributed by atoms with Crippen molar-refractivity contribution in [3.8, 4) is 6.07 Å². The van der Waals surface area contributed by atoms with E-state index in [4.69, 9.17) is 0 Å². The molecule has 0 N–H and O–H groups in total. The zero-order valence-electron chi connectivity index (χ0n) is 12.7. The van der Waals surface area contributed by atoms with E-state index < -0.39 is 9.84 Å². The first-order valence-corrected chi connectivity index (χ1v) is 9.32. The fourth-order valence-corrected chi connectivity index (χ4v) is 3.96. The normalized spacial score (nSPS) is 17.6. The molecular formula is C16H22N2O2S. The van der Waals surface area contributed by atoms with Crippen molar-refractivity contribution in [3.63, 3.8) is 0 Å². The molecule has 1 saturated heterocycles. The Morgan fingerprint density at radius 1 is 1.33 bits per heavy atom. The van der Waals surface area contributed by atoms with Crippen LogP contribution in [0, 0.1) is 11.3 Å². The van der Waals surface area contributed by atoms with Gasteiger partial charge in [0.05, 0.1) is 10.5 Å². The lowest BCUT2D eigenvalue weighted by Crippen LogP contribution is -2.33. The highest BCUT2D eigenvalue weighted by Crippen LogP contribution is 2.32. The fraction of sp³-hybridized carbons (Fsp3) is 0.562. The Morgan fingerprint density at radius 3 is 2.52 bits per heavy atom. The zero-order chi connectivity index (χ0) is 15.5. The van der Waals surface area contributed by atoms with Crippen LogP contribution in [0.1, 0.15) is 43.2 Å². The molecule has 4 nitrogen and oxygen atoms in total. The molecule has 0 aliphatic carbocycles. The van der Waals surface area contributed by atoms with Crippen molar-refractivity contribution < 1.29 is 8.42 Å². The van der Waals surface area contributed by atoms with Crippen LogP contribution in [0.4, 0.5) is 0 Å². The molecule has 0 amide bonds. The molecule has 114 valence electrons. The van der Waals surface area contributed by atoms with E-state index in [1.54, 1.807) is 6.07 Å². The summed E-state index contributed by atoms with van der Waals surface area (Å²) in [6.45, 7) is 5.33. The Kier molecular flexibility index (Phi) is 5.02. The third kappa shape index (κ3) is 3.63. The molecule has 2 rings (SSSR count). The smallest absolute Gasteiger partial charge is 0.176 e. The van der Waals surface area contributed by atoms with Gasteiger partial charge in [0.1, 0.15) is 6.07 Å². The van der Waals surface area contributed by atoms with Crippen molar-refractivity contribution in [2.45, 2.75) is 37.0 Å². The zero-order valence-corrected chi connectivity index (χ0v) is 13.5. The number of piperidine rings is 1. The van der Waals surface area contributed by atoms with Gasteiger partial charge in [-0.2, -0.15) is 5.26 Å². The molecule has 0 unspecified atom stereocenters. The van der Waals surface area contributed by atoms with Gasteiger partial charge in [0, 0.05) is 6.26 Å². The summed E-state index contributed by atoms with van der Waals surface area (Å²) in [5, 5.41) is 9.40. The van der Waals surface area contributed by atoms with Gasteiger partial charge >= 0.3 is 0 Å². The number of likely N-dealkylation sites (tertiary alicyclic amines) is 1. The van der Waals surface area contributed by atoms with Gasteiger partial charge in [0.2, 0.25) is 0 Å². The van der Waals surface area contributed by atoms with Crippen molar-refractivity contribution in [1.29, 1.82) is 5.26 Å². The summed E-state index contributed by atoms with van der Waals surface area (Å²) in [5.74, 6) is 0.287. The maximum atomic E-state index is 11.8. The minimum absolute atomic E-state index is 0.165. The lowest BCUT2D eigenvalue weighted by molar-refractivity contribution is 0.212. The highest BCUT2D eigenvalue weighted by atomic mass is 32.2. The topological polar surface area (TPSA) is 61.2 Å². The minimum atomic E-state index is -3.36. The summed E-state index contributed by atoms with van der Waals surface area (Å²) < 4.78 is 23.7. The summed E-state index contributed by atoms with van der Waals surface area (Å²) in [6, 6.07) is 7.31. The number of nitrogens with zero attached hydrogens (tertiary/aromatic N) is 2. The molecule has 0 spiro atoms. The summed E-state index contributed by atoms with van der Waals surface area (Å²) in [5.41, 5.74) is 1.24. The van der Waals surface area contributed by atoms with E-state index in [-0.39, 0.29) is 10.8 Å². The Morgan fingerprint density at radius 2 is 2.00 bits per heavy atom. The van der Waals surface area contributed by atoms with Crippen molar-refractivity contribution in [3.05, 3.63) is 29.3 Å². The standard InChI is InChI=1S/C16H22N2O2S/c1-3-9-18-10-7-13(8-11-18)14-5-4-6-16(15(14)12-17)21(2,19)20/h4-6,13H,3,7-11H2,1-2H3. The van der Waals surface area contributed by atoms with E-state index in [9.17, 15) is 13.7 Å². The van der Waals surface area contributed by atoms with Crippen LogP contribution >= 0.6 is 0 Å². The molecule has 1 aliphatic heterocycles. The highest BCUT2D eigenvalue weighted by molar-refractivity contribution is 7.90. The molecule has 0 saturated carbocycles. The summed E-state index contributed by atoms with van der Waals surface area (Å²) in [6.07, 6.45) is 4.29. The van der Waals surface area contributed by atoms with Crippen molar-refractivity contribution in [1.82, 2.24) is 4.90 Å². The third-order valence-corrected chi connectivity index (χ3v) is 5.28. The molecule has 0 aromatic heterocycles. The van der Waals surface area contributed by atoms with Crippen LogP contribution < -0.4 is 0 Å². The van der Waals surface area contributed by atoms with Gasteiger partial charge in [-0.05, 0) is 56.4 Å². The summed E-state index contributed by atoms with van der Waals surface area (Å²) in [4.78, 5) is 2.60. The maximum absolute atomic E-state index is 11.8. The van der Waals surface area contributed by atoms with Gasteiger partial charge in [0.15, 0.2) is 9.84 Å². The average molecular weight is 306 g/mol. The second-order valence-electron chi connectivity index (χ2n) is 5.72.